The quantitative estimate of drug-likeness (QED) is 0.455. The molecule has 2 aromatic heterocycles. The third kappa shape index (κ3) is 4.29. The number of nitrogen functional groups attached to an aromatic ring is 1. The molecule has 0 spiro atoms. The van der Waals surface area contributed by atoms with E-state index in [9.17, 15) is 4.79 Å². The van der Waals surface area contributed by atoms with Gasteiger partial charge in [-0.2, -0.15) is 0 Å². The van der Waals surface area contributed by atoms with Gasteiger partial charge in [0.1, 0.15) is 11.5 Å². The minimum absolute atomic E-state index is 0.0245. The summed E-state index contributed by atoms with van der Waals surface area (Å²) in [7, 11) is 0. The fourth-order valence-corrected chi connectivity index (χ4v) is 4.41. The predicted octanol–water partition coefficient (Wildman–Crippen LogP) is 4.72. The van der Waals surface area contributed by atoms with Gasteiger partial charge < -0.3 is 10.6 Å². The smallest absolute Gasteiger partial charge is 0.220 e. The van der Waals surface area contributed by atoms with E-state index in [0.29, 0.717) is 30.5 Å². The highest BCUT2D eigenvalue weighted by Gasteiger charge is 2.22. The van der Waals surface area contributed by atoms with Crippen LogP contribution >= 0.6 is 0 Å². The van der Waals surface area contributed by atoms with Crippen LogP contribution in [0.2, 0.25) is 0 Å². The van der Waals surface area contributed by atoms with Gasteiger partial charge in [0, 0.05) is 43.1 Å². The number of hydrogen-bond donors (Lipinski definition) is 1. The largest absolute Gasteiger partial charge is 0.368 e. The van der Waals surface area contributed by atoms with Crippen molar-refractivity contribution in [2.75, 3.05) is 17.2 Å². The molecule has 1 aliphatic heterocycles. The Labute approximate surface area is 193 Å². The zero-order valence-electron chi connectivity index (χ0n) is 19.0. The third-order valence-electron chi connectivity index (χ3n) is 6.24. The summed E-state index contributed by atoms with van der Waals surface area (Å²) in [6.45, 7) is 5.72. The van der Waals surface area contributed by atoms with E-state index < -0.39 is 0 Å². The molecule has 0 saturated heterocycles. The molecule has 0 aliphatic carbocycles. The van der Waals surface area contributed by atoms with Crippen LogP contribution in [0.4, 0.5) is 11.8 Å². The van der Waals surface area contributed by atoms with Gasteiger partial charge in [0.25, 0.3) is 0 Å². The highest BCUT2D eigenvalue weighted by Crippen LogP contribution is 2.30. The molecule has 166 valence electrons. The molecule has 0 fully saturated rings. The van der Waals surface area contributed by atoms with Crippen molar-refractivity contribution in [3.05, 3.63) is 88.9 Å². The van der Waals surface area contributed by atoms with Crippen LogP contribution in [0.25, 0.3) is 10.8 Å². The second-order valence-corrected chi connectivity index (χ2v) is 8.92. The first-order chi connectivity index (χ1) is 16.0. The van der Waals surface area contributed by atoms with Crippen LogP contribution in [0.1, 0.15) is 52.6 Å². The number of Topliss-reactive ketones (excluding diaryl/α,β-unsaturated/α-hetero) is 1. The number of benzene rings is 2. The normalized spacial score (nSPS) is 13.4. The highest BCUT2D eigenvalue weighted by atomic mass is 16.1. The Morgan fingerprint density at radius 2 is 1.94 bits per heavy atom. The van der Waals surface area contributed by atoms with Gasteiger partial charge in [-0.05, 0) is 28.5 Å². The second kappa shape index (κ2) is 8.62. The van der Waals surface area contributed by atoms with Gasteiger partial charge in [-0.3, -0.25) is 4.79 Å². The Morgan fingerprint density at radius 1 is 1.09 bits per heavy atom. The number of rotatable bonds is 5. The molecule has 0 atom stereocenters. The van der Waals surface area contributed by atoms with Gasteiger partial charge in [0.15, 0.2) is 5.78 Å². The molecule has 2 aromatic carbocycles. The number of ketones is 1. The number of nitrogens with zero attached hydrogens (tertiary/aromatic N) is 4. The predicted molar refractivity (Wildman–Crippen MR) is 132 cm³/mol. The van der Waals surface area contributed by atoms with E-state index in [0.717, 1.165) is 46.4 Å². The Kier molecular flexibility index (Phi) is 5.50. The molecule has 6 heteroatoms. The van der Waals surface area contributed by atoms with E-state index in [1.165, 1.54) is 5.56 Å². The summed E-state index contributed by atoms with van der Waals surface area (Å²) in [5.41, 5.74) is 10.5. The van der Waals surface area contributed by atoms with Crippen LogP contribution in [-0.4, -0.2) is 27.3 Å². The molecule has 0 unspecified atom stereocenters. The van der Waals surface area contributed by atoms with Crippen LogP contribution in [-0.2, 0) is 19.4 Å². The zero-order valence-corrected chi connectivity index (χ0v) is 19.0. The fourth-order valence-electron chi connectivity index (χ4n) is 4.41. The SMILES string of the molecule is CC(C)c1cccc(CC(=O)c2cc3ccccc3c(N3CCc4nc(N)ncc4C3)n2)c1. The average Bonchev–Trinajstić information content (AvgIpc) is 2.83. The van der Waals surface area contributed by atoms with Crippen LogP contribution in [0, 0.1) is 0 Å². The number of carbonyl (C=O) groups is 1. The van der Waals surface area contributed by atoms with Crippen LogP contribution in [0.5, 0.6) is 0 Å². The molecule has 6 nitrogen and oxygen atoms in total. The molecule has 4 aromatic rings. The first-order valence-electron chi connectivity index (χ1n) is 11.3. The molecular weight excluding hydrogens is 410 g/mol. The minimum Gasteiger partial charge on any atom is -0.368 e. The van der Waals surface area contributed by atoms with Gasteiger partial charge in [-0.15, -0.1) is 0 Å². The van der Waals surface area contributed by atoms with Crippen molar-refractivity contribution >= 4 is 28.3 Å². The number of anilines is 2. The van der Waals surface area contributed by atoms with Crippen LogP contribution in [0.15, 0.2) is 60.8 Å². The average molecular weight is 438 g/mol. The van der Waals surface area contributed by atoms with Crippen molar-refractivity contribution in [2.45, 2.75) is 39.2 Å². The van der Waals surface area contributed by atoms with Gasteiger partial charge in [0.2, 0.25) is 5.95 Å². The van der Waals surface area contributed by atoms with E-state index in [4.69, 9.17) is 10.7 Å². The van der Waals surface area contributed by atoms with Crippen molar-refractivity contribution in [2.24, 2.45) is 0 Å². The molecule has 33 heavy (non-hydrogen) atoms. The number of nitrogens with two attached hydrogens (primary N) is 1. The molecule has 2 N–H and O–H groups in total. The van der Waals surface area contributed by atoms with Gasteiger partial charge >= 0.3 is 0 Å². The third-order valence-corrected chi connectivity index (χ3v) is 6.24. The van der Waals surface area contributed by atoms with E-state index in [1.54, 1.807) is 6.20 Å². The summed E-state index contributed by atoms with van der Waals surface area (Å²) in [5, 5.41) is 2.05. The molecular formula is C27H27N5O. The van der Waals surface area contributed by atoms with Crippen molar-refractivity contribution in [1.29, 1.82) is 0 Å². The van der Waals surface area contributed by atoms with Crippen LogP contribution in [0.3, 0.4) is 0 Å². The first-order valence-corrected chi connectivity index (χ1v) is 11.3. The summed E-state index contributed by atoms with van der Waals surface area (Å²) in [6, 6.07) is 18.3. The first kappa shape index (κ1) is 21.1. The van der Waals surface area contributed by atoms with E-state index in [-0.39, 0.29) is 5.78 Å². The Hall–Kier alpha value is -3.80. The Balaban J connectivity index is 1.49. The summed E-state index contributed by atoms with van der Waals surface area (Å²) in [5.74, 6) is 1.58. The van der Waals surface area contributed by atoms with E-state index in [1.807, 2.05) is 36.4 Å². The highest BCUT2D eigenvalue weighted by molar-refractivity contribution is 6.02. The van der Waals surface area contributed by atoms with Crippen molar-refractivity contribution in [3.63, 3.8) is 0 Å². The number of pyridine rings is 1. The molecule has 0 saturated carbocycles. The number of carbonyl (C=O) groups excluding carboxylic acids is 1. The molecule has 0 amide bonds. The maximum absolute atomic E-state index is 13.3. The van der Waals surface area contributed by atoms with Crippen molar-refractivity contribution < 1.29 is 4.79 Å². The number of fused-ring (bicyclic) bond motifs is 2. The lowest BCUT2D eigenvalue weighted by atomic mass is 9.98. The summed E-state index contributed by atoms with van der Waals surface area (Å²) in [4.78, 5) is 28.9. The molecule has 0 bridgehead atoms. The summed E-state index contributed by atoms with van der Waals surface area (Å²) >= 11 is 0. The zero-order chi connectivity index (χ0) is 22.9. The van der Waals surface area contributed by atoms with E-state index in [2.05, 4.69) is 46.9 Å². The maximum atomic E-state index is 13.3. The topological polar surface area (TPSA) is 85.0 Å². The van der Waals surface area contributed by atoms with Gasteiger partial charge in [0.05, 0.1) is 5.69 Å². The molecule has 1 aliphatic rings. The van der Waals surface area contributed by atoms with Gasteiger partial charge in [-0.1, -0.05) is 62.4 Å². The van der Waals surface area contributed by atoms with E-state index >= 15 is 0 Å². The summed E-state index contributed by atoms with van der Waals surface area (Å²) < 4.78 is 0. The Morgan fingerprint density at radius 3 is 2.79 bits per heavy atom. The standard InChI is InChI=1S/C27H27N5O/c1-17(2)19-8-5-6-18(12-19)13-25(33)24-14-20-7-3-4-9-22(20)26(30-24)32-11-10-23-21(16-32)15-29-27(28)31-23/h3-9,12,14-15,17H,10-11,13,16H2,1-2H3,(H2,28,29,31). The molecule has 3 heterocycles. The second-order valence-electron chi connectivity index (χ2n) is 8.92. The number of aromatic nitrogens is 3. The lowest BCUT2D eigenvalue weighted by Crippen LogP contribution is -2.32. The monoisotopic (exact) mass is 437 g/mol. The number of hydrogen-bond acceptors (Lipinski definition) is 6. The molecule has 5 rings (SSSR count). The van der Waals surface area contributed by atoms with Crippen molar-refractivity contribution in [3.8, 4) is 0 Å². The lowest BCUT2D eigenvalue weighted by Gasteiger charge is -2.30. The lowest BCUT2D eigenvalue weighted by molar-refractivity contribution is 0.0988. The van der Waals surface area contributed by atoms with Gasteiger partial charge in [-0.25, -0.2) is 15.0 Å². The molecule has 0 radical (unpaired) electrons. The minimum atomic E-state index is 0.0245. The Bertz CT molecular complexity index is 1350. The fraction of sp³-hybridized carbons (Fsp3) is 0.259. The maximum Gasteiger partial charge on any atom is 0.220 e. The summed E-state index contributed by atoms with van der Waals surface area (Å²) in [6.07, 6.45) is 2.89. The van der Waals surface area contributed by atoms with Crippen LogP contribution < -0.4 is 10.6 Å². The van der Waals surface area contributed by atoms with Crippen molar-refractivity contribution in [1.82, 2.24) is 15.0 Å².